The maximum absolute atomic E-state index is 5.88. The predicted molar refractivity (Wildman–Crippen MR) is 63.9 cm³/mol. The van der Waals surface area contributed by atoms with Crippen molar-refractivity contribution in [2.45, 2.75) is 51.8 Å². The fraction of sp³-hybridized carbons (Fsp3) is 1.00. The van der Waals surface area contributed by atoms with Crippen LogP contribution in [-0.4, -0.2) is 43.3 Å². The summed E-state index contributed by atoms with van der Waals surface area (Å²) in [6, 6.07) is 1.04. The third kappa shape index (κ3) is 2.92. The number of nitrogens with zero attached hydrogens (tertiary/aromatic N) is 1. The second-order valence-corrected chi connectivity index (χ2v) is 4.79. The van der Waals surface area contributed by atoms with E-state index >= 15 is 0 Å². The van der Waals surface area contributed by atoms with E-state index in [1.165, 1.54) is 6.42 Å². The Bertz CT molecular complexity index is 186. The van der Waals surface area contributed by atoms with Gasteiger partial charge in [0.25, 0.3) is 0 Å². The maximum atomic E-state index is 5.88. The van der Waals surface area contributed by atoms with Gasteiger partial charge in [0.1, 0.15) is 0 Å². The van der Waals surface area contributed by atoms with Gasteiger partial charge in [0.2, 0.25) is 0 Å². The number of nitrogens with two attached hydrogens (primary N) is 1. The summed E-state index contributed by atoms with van der Waals surface area (Å²) >= 11 is 0. The van der Waals surface area contributed by atoms with Gasteiger partial charge in [-0.15, -0.1) is 0 Å². The summed E-state index contributed by atoms with van der Waals surface area (Å²) in [7, 11) is 2.19. The van der Waals surface area contributed by atoms with E-state index in [-0.39, 0.29) is 0 Å². The monoisotopic (exact) mass is 214 g/mol. The Morgan fingerprint density at radius 2 is 2.20 bits per heavy atom. The van der Waals surface area contributed by atoms with Crippen molar-refractivity contribution >= 4 is 0 Å². The molecule has 2 N–H and O–H groups in total. The minimum Gasteiger partial charge on any atom is -0.377 e. The summed E-state index contributed by atoms with van der Waals surface area (Å²) in [4.78, 5) is 2.44. The zero-order valence-corrected chi connectivity index (χ0v) is 10.6. The molecule has 0 aromatic carbocycles. The first-order valence-corrected chi connectivity index (χ1v) is 6.15. The van der Waals surface area contributed by atoms with E-state index in [1.54, 1.807) is 0 Å². The van der Waals surface area contributed by atoms with Crippen molar-refractivity contribution in [2.24, 2.45) is 11.7 Å². The van der Waals surface area contributed by atoms with Crippen molar-refractivity contribution < 1.29 is 4.74 Å². The van der Waals surface area contributed by atoms with E-state index in [0.29, 0.717) is 24.1 Å². The fourth-order valence-corrected chi connectivity index (χ4v) is 2.57. The molecule has 1 fully saturated rings. The Hall–Kier alpha value is -0.120. The van der Waals surface area contributed by atoms with Crippen molar-refractivity contribution in [3.63, 3.8) is 0 Å². The molecule has 0 amide bonds. The second kappa shape index (κ2) is 5.83. The average molecular weight is 214 g/mol. The topological polar surface area (TPSA) is 38.5 Å². The van der Waals surface area contributed by atoms with E-state index < -0.39 is 0 Å². The molecule has 15 heavy (non-hydrogen) atoms. The quantitative estimate of drug-likeness (QED) is 0.753. The van der Waals surface area contributed by atoms with Crippen LogP contribution in [0.3, 0.4) is 0 Å². The first-order valence-electron chi connectivity index (χ1n) is 6.15. The molecule has 4 unspecified atom stereocenters. The molecule has 0 aliphatic carbocycles. The summed E-state index contributed by atoms with van der Waals surface area (Å²) in [5.74, 6) is 0.660. The Morgan fingerprint density at radius 3 is 2.60 bits per heavy atom. The van der Waals surface area contributed by atoms with Crippen LogP contribution in [0.25, 0.3) is 0 Å². The summed E-state index contributed by atoms with van der Waals surface area (Å²) in [6.45, 7) is 8.32. The van der Waals surface area contributed by atoms with Gasteiger partial charge in [-0.25, -0.2) is 0 Å². The smallest absolute Gasteiger partial charge is 0.0703 e. The van der Waals surface area contributed by atoms with Crippen molar-refractivity contribution in [1.82, 2.24) is 4.90 Å². The molecule has 1 rings (SSSR count). The molecule has 0 saturated carbocycles. The lowest BCUT2D eigenvalue weighted by Crippen LogP contribution is -2.49. The zero-order chi connectivity index (χ0) is 11.4. The van der Waals surface area contributed by atoms with E-state index in [2.05, 4.69) is 32.7 Å². The Morgan fingerprint density at radius 1 is 1.53 bits per heavy atom. The minimum atomic E-state index is 0.355. The molecule has 0 bridgehead atoms. The van der Waals surface area contributed by atoms with Crippen molar-refractivity contribution in [2.75, 3.05) is 20.2 Å². The molecule has 1 heterocycles. The van der Waals surface area contributed by atoms with Crippen LogP contribution in [0.1, 0.15) is 33.6 Å². The molecule has 0 spiro atoms. The lowest BCUT2D eigenvalue weighted by atomic mass is 9.95. The molecule has 1 saturated heterocycles. The molecule has 90 valence electrons. The van der Waals surface area contributed by atoms with Crippen LogP contribution in [0.15, 0.2) is 0 Å². The first kappa shape index (κ1) is 12.9. The van der Waals surface area contributed by atoms with Crippen LogP contribution in [-0.2, 0) is 4.74 Å². The average Bonchev–Trinajstić information content (AvgIpc) is 2.65. The molecule has 1 aliphatic heterocycles. The van der Waals surface area contributed by atoms with Crippen LogP contribution in [0, 0.1) is 5.92 Å². The van der Waals surface area contributed by atoms with Gasteiger partial charge >= 0.3 is 0 Å². The highest BCUT2D eigenvalue weighted by Crippen LogP contribution is 2.23. The molecule has 0 aromatic rings. The molecule has 1 aliphatic rings. The maximum Gasteiger partial charge on any atom is 0.0703 e. The van der Waals surface area contributed by atoms with E-state index in [0.717, 1.165) is 19.6 Å². The molecule has 3 heteroatoms. The normalized spacial score (nSPS) is 30.8. The number of hydrogen-bond acceptors (Lipinski definition) is 3. The third-order valence-corrected chi connectivity index (χ3v) is 3.92. The lowest BCUT2D eigenvalue weighted by Gasteiger charge is -2.37. The van der Waals surface area contributed by atoms with Gasteiger partial charge in [0, 0.05) is 25.2 Å². The van der Waals surface area contributed by atoms with Crippen LogP contribution in [0.5, 0.6) is 0 Å². The standard InChI is InChI=1S/C12H26N2O/c1-5-9(2)12(8-13)14(4)11-6-7-15-10(11)3/h9-12H,5-8,13H2,1-4H3. The summed E-state index contributed by atoms with van der Waals surface area (Å²) in [6.07, 6.45) is 2.69. The lowest BCUT2D eigenvalue weighted by molar-refractivity contribution is 0.0563. The van der Waals surface area contributed by atoms with Crippen molar-refractivity contribution in [3.8, 4) is 0 Å². The number of rotatable bonds is 5. The summed E-state index contributed by atoms with van der Waals surface area (Å²) in [5.41, 5.74) is 5.88. The molecular formula is C12H26N2O. The minimum absolute atomic E-state index is 0.355. The SMILES string of the molecule is CCC(C)C(CN)N(C)C1CCOC1C. The first-order chi connectivity index (χ1) is 7.11. The number of likely N-dealkylation sites (N-methyl/N-ethyl adjacent to an activating group) is 1. The number of ether oxygens (including phenoxy) is 1. The van der Waals surface area contributed by atoms with Crippen LogP contribution >= 0.6 is 0 Å². The fourth-order valence-electron chi connectivity index (χ4n) is 2.57. The molecule has 0 radical (unpaired) electrons. The van der Waals surface area contributed by atoms with Crippen molar-refractivity contribution in [3.05, 3.63) is 0 Å². The predicted octanol–water partition coefficient (Wildman–Crippen LogP) is 1.47. The molecule has 4 atom stereocenters. The van der Waals surface area contributed by atoms with Gasteiger partial charge in [-0.1, -0.05) is 20.3 Å². The Kier molecular flexibility index (Phi) is 5.03. The van der Waals surface area contributed by atoms with Crippen LogP contribution in [0.2, 0.25) is 0 Å². The second-order valence-electron chi connectivity index (χ2n) is 4.79. The summed E-state index contributed by atoms with van der Waals surface area (Å²) in [5, 5.41) is 0. The molecular weight excluding hydrogens is 188 g/mol. The van der Waals surface area contributed by atoms with Crippen LogP contribution < -0.4 is 5.73 Å². The van der Waals surface area contributed by atoms with E-state index in [4.69, 9.17) is 10.5 Å². The largest absolute Gasteiger partial charge is 0.377 e. The third-order valence-electron chi connectivity index (χ3n) is 3.92. The van der Waals surface area contributed by atoms with Gasteiger partial charge in [0.05, 0.1) is 6.10 Å². The zero-order valence-electron chi connectivity index (χ0n) is 10.6. The Labute approximate surface area is 94.0 Å². The van der Waals surface area contributed by atoms with Gasteiger partial charge in [0.15, 0.2) is 0 Å². The Balaban J connectivity index is 2.59. The van der Waals surface area contributed by atoms with Crippen molar-refractivity contribution in [1.29, 1.82) is 0 Å². The molecule has 0 aromatic heterocycles. The molecule has 3 nitrogen and oxygen atoms in total. The highest BCUT2D eigenvalue weighted by Gasteiger charge is 2.32. The van der Waals surface area contributed by atoms with Gasteiger partial charge < -0.3 is 10.5 Å². The number of hydrogen-bond donors (Lipinski definition) is 1. The highest BCUT2D eigenvalue weighted by atomic mass is 16.5. The summed E-state index contributed by atoms with van der Waals surface area (Å²) < 4.78 is 5.61. The van der Waals surface area contributed by atoms with E-state index in [1.807, 2.05) is 0 Å². The highest BCUT2D eigenvalue weighted by molar-refractivity contribution is 4.86. The van der Waals surface area contributed by atoms with Crippen LogP contribution in [0.4, 0.5) is 0 Å². The van der Waals surface area contributed by atoms with Gasteiger partial charge in [-0.05, 0) is 26.3 Å². The van der Waals surface area contributed by atoms with Gasteiger partial charge in [-0.2, -0.15) is 0 Å². The van der Waals surface area contributed by atoms with E-state index in [9.17, 15) is 0 Å². The van der Waals surface area contributed by atoms with Gasteiger partial charge in [-0.3, -0.25) is 4.90 Å².